The van der Waals surface area contributed by atoms with E-state index in [0.29, 0.717) is 24.6 Å². The van der Waals surface area contributed by atoms with Gasteiger partial charge in [-0.2, -0.15) is 15.2 Å². The highest BCUT2D eigenvalue weighted by molar-refractivity contribution is 5.79. The van der Waals surface area contributed by atoms with Gasteiger partial charge in [-0.15, -0.1) is 0 Å². The summed E-state index contributed by atoms with van der Waals surface area (Å²) < 4.78 is 30.1. The zero-order valence-corrected chi connectivity index (χ0v) is 18.5. The van der Waals surface area contributed by atoms with Crippen LogP contribution in [0, 0.1) is 23.0 Å². The van der Waals surface area contributed by atoms with Gasteiger partial charge in [0, 0.05) is 18.3 Å². The molecule has 4 aromatic rings. The van der Waals surface area contributed by atoms with Crippen LogP contribution in [0.25, 0.3) is 16.6 Å². The van der Waals surface area contributed by atoms with Gasteiger partial charge in [0.1, 0.15) is 34.6 Å². The van der Waals surface area contributed by atoms with Crippen molar-refractivity contribution >= 4 is 28.5 Å². The predicted octanol–water partition coefficient (Wildman–Crippen LogP) is 2.61. The van der Waals surface area contributed by atoms with Crippen molar-refractivity contribution < 1.29 is 8.78 Å². The smallest absolute Gasteiger partial charge is 0.266 e. The maximum Gasteiger partial charge on any atom is 0.266 e. The normalized spacial score (nSPS) is 17.6. The molecule has 0 bridgehead atoms. The molecular weight excluding hydrogens is 456 g/mol. The van der Waals surface area contributed by atoms with Gasteiger partial charge in [0.2, 0.25) is 5.95 Å². The van der Waals surface area contributed by atoms with E-state index in [1.807, 2.05) is 13.0 Å². The Hall–Kier alpha value is -4.66. The molecule has 1 aliphatic rings. The maximum atomic E-state index is 14.8. The summed E-state index contributed by atoms with van der Waals surface area (Å²) in [5.74, 6) is -1.66. The Bertz CT molecular complexity index is 1570. The Labute approximate surface area is 197 Å². The van der Waals surface area contributed by atoms with E-state index < -0.39 is 23.2 Å². The minimum absolute atomic E-state index is 0.0299. The number of anilines is 3. The van der Waals surface area contributed by atoms with Crippen LogP contribution in [-0.4, -0.2) is 30.5 Å². The fraction of sp³-hybridized carbons (Fsp3) is 0.217. The highest BCUT2D eigenvalue weighted by Crippen LogP contribution is 2.41. The van der Waals surface area contributed by atoms with Crippen LogP contribution in [-0.2, 0) is 0 Å². The monoisotopic (exact) mass is 475 g/mol. The number of hydrogen-bond donors (Lipinski definition) is 2. The van der Waals surface area contributed by atoms with Crippen LogP contribution < -0.4 is 21.9 Å². The fourth-order valence-electron chi connectivity index (χ4n) is 4.56. The minimum Gasteiger partial charge on any atom is -0.382 e. The standard InChI is InChI=1S/C23H19F2N9O/c1-11-4-5-17(33(11)20-15(9-26)19(27)31-23(28)32-20)21-30-18-14(7-12(24)8-16(18)25)22(35)34(21)13-3-2-6-29-10-13/h2-3,6-8,10-11,17H,4-5H2,1H3,(H4,27,28,31,32)/t11-,17-/m0/s1. The van der Waals surface area contributed by atoms with Gasteiger partial charge in [-0.1, -0.05) is 0 Å². The molecule has 5 rings (SSSR count). The summed E-state index contributed by atoms with van der Waals surface area (Å²) >= 11 is 0. The molecule has 0 spiro atoms. The number of nitriles is 1. The van der Waals surface area contributed by atoms with Crippen LogP contribution in [0.5, 0.6) is 0 Å². The van der Waals surface area contributed by atoms with Crippen LogP contribution in [0.1, 0.15) is 37.2 Å². The summed E-state index contributed by atoms with van der Waals surface area (Å²) in [5.41, 5.74) is 11.3. The second kappa shape index (κ2) is 8.28. The number of halogens is 2. The number of fused-ring (bicyclic) bond motifs is 1. The highest BCUT2D eigenvalue weighted by Gasteiger charge is 2.38. The number of pyridine rings is 1. The first-order valence-electron chi connectivity index (χ1n) is 10.7. The van der Waals surface area contributed by atoms with Crippen LogP contribution in [0.3, 0.4) is 0 Å². The molecule has 1 fully saturated rings. The van der Waals surface area contributed by atoms with Crippen molar-refractivity contribution in [3.63, 3.8) is 0 Å². The lowest BCUT2D eigenvalue weighted by Crippen LogP contribution is -2.36. The topological polar surface area (TPSA) is 153 Å². The van der Waals surface area contributed by atoms with E-state index in [1.54, 1.807) is 17.0 Å². The number of aromatic nitrogens is 5. The molecule has 0 radical (unpaired) electrons. The molecule has 4 N–H and O–H groups in total. The lowest BCUT2D eigenvalue weighted by Gasteiger charge is -2.31. The van der Waals surface area contributed by atoms with E-state index in [2.05, 4.69) is 19.9 Å². The van der Waals surface area contributed by atoms with Crippen molar-refractivity contribution in [3.05, 3.63) is 70.0 Å². The van der Waals surface area contributed by atoms with Gasteiger partial charge in [0.15, 0.2) is 11.6 Å². The Morgan fingerprint density at radius 1 is 1.17 bits per heavy atom. The largest absolute Gasteiger partial charge is 0.382 e. The van der Waals surface area contributed by atoms with Crippen molar-refractivity contribution in [2.24, 2.45) is 0 Å². The Morgan fingerprint density at radius 3 is 2.69 bits per heavy atom. The molecule has 35 heavy (non-hydrogen) atoms. The van der Waals surface area contributed by atoms with Crippen molar-refractivity contribution in [3.8, 4) is 11.8 Å². The van der Waals surface area contributed by atoms with Crippen molar-refractivity contribution in [2.45, 2.75) is 31.8 Å². The molecule has 1 aliphatic heterocycles. The molecule has 3 aromatic heterocycles. The van der Waals surface area contributed by atoms with Gasteiger partial charge in [-0.05, 0) is 38.0 Å². The average molecular weight is 475 g/mol. The molecule has 176 valence electrons. The van der Waals surface area contributed by atoms with Crippen molar-refractivity contribution in [1.82, 2.24) is 24.5 Å². The molecule has 0 aliphatic carbocycles. The number of nitrogens with zero attached hydrogens (tertiary/aromatic N) is 7. The molecule has 0 amide bonds. The second-order valence-corrected chi connectivity index (χ2v) is 8.23. The molecule has 0 saturated carbocycles. The predicted molar refractivity (Wildman–Crippen MR) is 125 cm³/mol. The molecule has 2 atom stereocenters. The van der Waals surface area contributed by atoms with Crippen LogP contribution in [0.15, 0.2) is 41.5 Å². The van der Waals surface area contributed by atoms with Crippen LogP contribution in [0.2, 0.25) is 0 Å². The van der Waals surface area contributed by atoms with E-state index in [4.69, 9.17) is 11.5 Å². The minimum atomic E-state index is -0.956. The summed E-state index contributed by atoms with van der Waals surface area (Å²) in [5, 5.41) is 9.52. The fourth-order valence-corrected chi connectivity index (χ4v) is 4.56. The molecule has 0 unspecified atom stereocenters. The summed E-state index contributed by atoms with van der Waals surface area (Å²) in [6.07, 6.45) is 4.14. The van der Waals surface area contributed by atoms with Gasteiger partial charge in [0.25, 0.3) is 5.56 Å². The summed E-state index contributed by atoms with van der Waals surface area (Å²) in [6, 6.07) is 6.16. The number of hydrogen-bond acceptors (Lipinski definition) is 9. The molecule has 1 aromatic carbocycles. The first kappa shape index (κ1) is 22.1. The summed E-state index contributed by atoms with van der Waals surface area (Å²) in [4.78, 5) is 32.1. The van der Waals surface area contributed by atoms with E-state index >= 15 is 0 Å². The van der Waals surface area contributed by atoms with Gasteiger partial charge in [-0.3, -0.25) is 14.3 Å². The van der Waals surface area contributed by atoms with E-state index in [0.717, 1.165) is 6.07 Å². The Morgan fingerprint density at radius 2 is 1.97 bits per heavy atom. The van der Waals surface area contributed by atoms with E-state index in [1.165, 1.54) is 17.0 Å². The van der Waals surface area contributed by atoms with Crippen LogP contribution >= 0.6 is 0 Å². The van der Waals surface area contributed by atoms with Gasteiger partial charge >= 0.3 is 0 Å². The first-order chi connectivity index (χ1) is 16.8. The van der Waals surface area contributed by atoms with E-state index in [-0.39, 0.29) is 45.9 Å². The average Bonchev–Trinajstić information content (AvgIpc) is 3.20. The number of benzene rings is 1. The SMILES string of the molecule is C[C@H]1CC[C@@H](c2nc3c(F)cc(F)cc3c(=O)n2-c2cccnc2)N1c1nc(N)nc(N)c1C#N. The van der Waals surface area contributed by atoms with Gasteiger partial charge in [0.05, 0.1) is 23.3 Å². The van der Waals surface area contributed by atoms with Crippen molar-refractivity contribution in [2.75, 3.05) is 16.4 Å². The third-order valence-electron chi connectivity index (χ3n) is 6.08. The number of nitrogens with two attached hydrogens (primary N) is 2. The van der Waals surface area contributed by atoms with Crippen LogP contribution in [0.4, 0.5) is 26.4 Å². The molecule has 1 saturated heterocycles. The highest BCUT2D eigenvalue weighted by atomic mass is 19.1. The molecule has 4 heterocycles. The molecule has 10 nitrogen and oxygen atoms in total. The zero-order valence-electron chi connectivity index (χ0n) is 18.5. The summed E-state index contributed by atoms with van der Waals surface area (Å²) in [7, 11) is 0. The van der Waals surface area contributed by atoms with Gasteiger partial charge in [-0.25, -0.2) is 13.8 Å². The lowest BCUT2D eigenvalue weighted by atomic mass is 10.1. The Kier molecular flexibility index (Phi) is 5.24. The third kappa shape index (κ3) is 3.57. The molecular formula is C23H19F2N9O. The first-order valence-corrected chi connectivity index (χ1v) is 10.7. The quantitative estimate of drug-likeness (QED) is 0.455. The van der Waals surface area contributed by atoms with Crippen molar-refractivity contribution in [1.29, 1.82) is 5.26 Å². The number of rotatable bonds is 3. The maximum absolute atomic E-state index is 14.8. The lowest BCUT2D eigenvalue weighted by molar-refractivity contribution is 0.583. The second-order valence-electron chi connectivity index (χ2n) is 8.23. The van der Waals surface area contributed by atoms with Gasteiger partial charge < -0.3 is 16.4 Å². The number of nitrogen functional groups attached to an aromatic ring is 2. The third-order valence-corrected chi connectivity index (χ3v) is 6.08. The summed E-state index contributed by atoms with van der Waals surface area (Å²) in [6.45, 7) is 1.92. The van der Waals surface area contributed by atoms with E-state index in [9.17, 15) is 18.8 Å². The zero-order chi connectivity index (χ0) is 24.9. The molecule has 12 heteroatoms. The Balaban J connectivity index is 1.83.